The number of hydrogen-bond acceptors (Lipinski definition) is 7. The zero-order valence-corrected chi connectivity index (χ0v) is 16.9. The average molecular weight is 436 g/mol. The Kier molecular flexibility index (Phi) is 6.27. The summed E-state index contributed by atoms with van der Waals surface area (Å²) in [7, 11) is 0. The number of rotatable bonds is 6. The van der Waals surface area contributed by atoms with Crippen LogP contribution in [0.5, 0.6) is 0 Å². The van der Waals surface area contributed by atoms with Crippen molar-refractivity contribution in [3.05, 3.63) is 105 Å². The van der Waals surface area contributed by atoms with Gasteiger partial charge in [0, 0.05) is 18.7 Å². The Bertz CT molecular complexity index is 1200. The van der Waals surface area contributed by atoms with Crippen LogP contribution in [-0.2, 0) is 14.2 Å². The summed E-state index contributed by atoms with van der Waals surface area (Å²) in [6.07, 6.45) is -0.958. The number of nitrogens with zero attached hydrogens (tertiary/aromatic N) is 1. The Hall–Kier alpha value is -3.98. The van der Waals surface area contributed by atoms with Crippen molar-refractivity contribution < 1.29 is 23.8 Å². The molecule has 2 aromatic carbocycles. The van der Waals surface area contributed by atoms with Crippen LogP contribution in [0.3, 0.4) is 0 Å². The topological polar surface area (TPSA) is 117 Å². The first-order chi connectivity index (χ1) is 15.5. The molecule has 1 N–H and O–H groups in total. The minimum atomic E-state index is -0.812. The third-order valence-corrected chi connectivity index (χ3v) is 5.00. The van der Waals surface area contributed by atoms with Gasteiger partial charge in [-0.1, -0.05) is 36.4 Å². The number of esters is 2. The molecule has 0 saturated carbocycles. The summed E-state index contributed by atoms with van der Waals surface area (Å²) in [5, 5.41) is 0. The van der Waals surface area contributed by atoms with E-state index in [9.17, 15) is 19.2 Å². The van der Waals surface area contributed by atoms with Crippen LogP contribution >= 0.6 is 0 Å². The largest absolute Gasteiger partial charge is 0.459 e. The Morgan fingerprint density at radius 2 is 1.56 bits per heavy atom. The van der Waals surface area contributed by atoms with Crippen molar-refractivity contribution in [2.45, 2.75) is 24.9 Å². The first kappa shape index (κ1) is 21.3. The lowest BCUT2D eigenvalue weighted by atomic mass is 10.1. The maximum Gasteiger partial charge on any atom is 0.338 e. The van der Waals surface area contributed by atoms with Gasteiger partial charge in [0.05, 0.1) is 11.1 Å². The number of nitrogens with one attached hydrogen (secondary N) is 1. The second-order valence-electron chi connectivity index (χ2n) is 7.16. The van der Waals surface area contributed by atoms with Crippen molar-refractivity contribution in [2.75, 3.05) is 6.61 Å². The summed E-state index contributed by atoms with van der Waals surface area (Å²) in [6, 6.07) is 18.1. The zero-order chi connectivity index (χ0) is 22.5. The number of aromatic amines is 1. The molecule has 0 amide bonds. The molecule has 0 spiro atoms. The highest BCUT2D eigenvalue weighted by atomic mass is 16.6. The van der Waals surface area contributed by atoms with Gasteiger partial charge in [0.2, 0.25) is 0 Å². The first-order valence-corrected chi connectivity index (χ1v) is 9.96. The normalized spacial score (nSPS) is 19.9. The van der Waals surface area contributed by atoms with Gasteiger partial charge in [0.1, 0.15) is 25.0 Å². The maximum atomic E-state index is 12.6. The highest BCUT2D eigenvalue weighted by molar-refractivity contribution is 5.90. The highest BCUT2D eigenvalue weighted by Crippen LogP contribution is 2.30. The van der Waals surface area contributed by atoms with Gasteiger partial charge >= 0.3 is 17.6 Å². The second-order valence-corrected chi connectivity index (χ2v) is 7.16. The molecule has 1 aliphatic heterocycles. The van der Waals surface area contributed by atoms with E-state index in [1.165, 1.54) is 16.8 Å². The van der Waals surface area contributed by atoms with E-state index in [1.54, 1.807) is 60.7 Å². The van der Waals surface area contributed by atoms with E-state index in [0.717, 1.165) is 0 Å². The van der Waals surface area contributed by atoms with Crippen molar-refractivity contribution in [3.8, 4) is 0 Å². The number of H-pyrrole nitrogens is 1. The second kappa shape index (κ2) is 9.44. The van der Waals surface area contributed by atoms with E-state index in [0.29, 0.717) is 11.1 Å². The van der Waals surface area contributed by atoms with Gasteiger partial charge in [-0.05, 0) is 24.3 Å². The van der Waals surface area contributed by atoms with Crippen LogP contribution in [-0.4, -0.2) is 40.3 Å². The third kappa shape index (κ3) is 4.84. The number of benzene rings is 2. The molecule has 32 heavy (non-hydrogen) atoms. The molecule has 0 radical (unpaired) electrons. The fraction of sp³-hybridized carbons (Fsp3) is 0.217. The maximum absolute atomic E-state index is 12.6. The predicted molar refractivity (Wildman–Crippen MR) is 112 cm³/mol. The molecular formula is C23H20N2O7. The van der Waals surface area contributed by atoms with E-state index in [1.807, 2.05) is 0 Å². The predicted octanol–water partition coefficient (Wildman–Crippen LogP) is 1.91. The lowest BCUT2D eigenvalue weighted by Gasteiger charge is -2.19. The van der Waals surface area contributed by atoms with Crippen molar-refractivity contribution in [1.29, 1.82) is 0 Å². The summed E-state index contributed by atoms with van der Waals surface area (Å²) < 4.78 is 18.1. The van der Waals surface area contributed by atoms with Gasteiger partial charge < -0.3 is 14.2 Å². The molecule has 4 rings (SSSR count). The standard InChI is InChI=1S/C23H20N2O7/c26-19-11-12-25(23(29)24-19)20-13-17(32-22(28)16-9-5-2-6-10-16)18(31-20)14-30-21(27)15-7-3-1-4-8-15/h1-12,17-18,20H,13-14H2,(H,24,26,29)/t17?,18-,20?/m0/s1. The van der Waals surface area contributed by atoms with Crippen LogP contribution in [0, 0.1) is 0 Å². The first-order valence-electron chi connectivity index (χ1n) is 9.96. The van der Waals surface area contributed by atoms with Crippen LogP contribution in [0.15, 0.2) is 82.5 Å². The molecule has 164 valence electrons. The molecule has 3 atom stereocenters. The minimum absolute atomic E-state index is 0.137. The fourth-order valence-corrected chi connectivity index (χ4v) is 3.39. The molecule has 1 aromatic heterocycles. The Labute approximate surface area is 182 Å². The molecule has 1 saturated heterocycles. The molecular weight excluding hydrogens is 416 g/mol. The van der Waals surface area contributed by atoms with Crippen LogP contribution in [0.2, 0.25) is 0 Å². The van der Waals surface area contributed by atoms with E-state index in [-0.39, 0.29) is 13.0 Å². The van der Waals surface area contributed by atoms with Crippen LogP contribution in [0.4, 0.5) is 0 Å². The van der Waals surface area contributed by atoms with Crippen LogP contribution in [0.1, 0.15) is 33.4 Å². The summed E-state index contributed by atoms with van der Waals surface area (Å²) in [5.41, 5.74) is -0.462. The Balaban J connectivity index is 1.51. The monoisotopic (exact) mass is 436 g/mol. The van der Waals surface area contributed by atoms with Gasteiger partial charge in [-0.25, -0.2) is 14.4 Å². The van der Waals surface area contributed by atoms with Gasteiger partial charge in [0.25, 0.3) is 5.56 Å². The van der Waals surface area contributed by atoms with Gasteiger partial charge in [-0.2, -0.15) is 0 Å². The lowest BCUT2D eigenvalue weighted by molar-refractivity contribution is -0.0582. The van der Waals surface area contributed by atoms with Crippen molar-refractivity contribution >= 4 is 11.9 Å². The van der Waals surface area contributed by atoms with Crippen molar-refractivity contribution in [3.63, 3.8) is 0 Å². The fourth-order valence-electron chi connectivity index (χ4n) is 3.39. The molecule has 9 heteroatoms. The van der Waals surface area contributed by atoms with E-state index < -0.39 is 41.6 Å². The van der Waals surface area contributed by atoms with Crippen molar-refractivity contribution in [1.82, 2.24) is 9.55 Å². The summed E-state index contributed by atoms with van der Waals surface area (Å²) in [4.78, 5) is 50.6. The molecule has 2 heterocycles. The lowest BCUT2D eigenvalue weighted by Crippen LogP contribution is -2.32. The van der Waals surface area contributed by atoms with E-state index in [2.05, 4.69) is 4.98 Å². The van der Waals surface area contributed by atoms with Gasteiger partial charge in [0.15, 0.2) is 0 Å². The average Bonchev–Trinajstić information content (AvgIpc) is 3.20. The molecule has 1 fully saturated rings. The summed E-state index contributed by atoms with van der Waals surface area (Å²) >= 11 is 0. The van der Waals surface area contributed by atoms with Crippen LogP contribution in [0.25, 0.3) is 0 Å². The van der Waals surface area contributed by atoms with E-state index >= 15 is 0 Å². The smallest absolute Gasteiger partial charge is 0.338 e. The third-order valence-electron chi connectivity index (χ3n) is 5.00. The molecule has 1 aliphatic rings. The number of aromatic nitrogens is 2. The number of hydrogen-bond donors (Lipinski definition) is 1. The molecule has 0 bridgehead atoms. The summed E-state index contributed by atoms with van der Waals surface area (Å²) in [6.45, 7) is -0.185. The Morgan fingerprint density at radius 3 is 2.19 bits per heavy atom. The number of ether oxygens (including phenoxy) is 3. The SMILES string of the molecule is O=C(OC[C@@H]1OC(n2ccc(=O)[nH]c2=O)CC1OC(=O)c1ccccc1)c1ccccc1. The van der Waals surface area contributed by atoms with Crippen molar-refractivity contribution in [2.24, 2.45) is 0 Å². The van der Waals surface area contributed by atoms with E-state index in [4.69, 9.17) is 14.2 Å². The summed E-state index contributed by atoms with van der Waals surface area (Å²) in [5.74, 6) is -1.11. The molecule has 2 unspecified atom stereocenters. The quantitative estimate of drug-likeness (QED) is 0.587. The number of carbonyl (C=O) groups excluding carboxylic acids is 2. The Morgan fingerprint density at radius 1 is 0.938 bits per heavy atom. The highest BCUT2D eigenvalue weighted by Gasteiger charge is 2.40. The zero-order valence-electron chi connectivity index (χ0n) is 16.9. The van der Waals surface area contributed by atoms with Gasteiger partial charge in [-0.3, -0.25) is 14.3 Å². The number of carbonyl (C=O) groups is 2. The van der Waals surface area contributed by atoms with Gasteiger partial charge in [-0.15, -0.1) is 0 Å². The minimum Gasteiger partial charge on any atom is -0.459 e. The van der Waals surface area contributed by atoms with Crippen LogP contribution < -0.4 is 11.2 Å². The molecule has 9 nitrogen and oxygen atoms in total. The molecule has 3 aromatic rings. The molecule has 0 aliphatic carbocycles.